The number of nitrogens with one attached hydrogen (secondary N) is 1. The lowest BCUT2D eigenvalue weighted by Crippen LogP contribution is -2.29. The van der Waals surface area contributed by atoms with Crippen molar-refractivity contribution in [1.82, 2.24) is 14.5 Å². The molecule has 4 aromatic rings. The molecule has 1 unspecified atom stereocenters. The van der Waals surface area contributed by atoms with Crippen LogP contribution in [0.25, 0.3) is 22.3 Å². The van der Waals surface area contributed by atoms with E-state index in [1.54, 1.807) is 24.9 Å². The first kappa shape index (κ1) is 22.7. The van der Waals surface area contributed by atoms with Crippen LogP contribution in [0.5, 0.6) is 11.5 Å². The van der Waals surface area contributed by atoms with Crippen LogP contribution in [0.1, 0.15) is 19.9 Å². The summed E-state index contributed by atoms with van der Waals surface area (Å²) in [4.78, 5) is 21.8. The first-order valence-corrected chi connectivity index (χ1v) is 11.0. The van der Waals surface area contributed by atoms with Gasteiger partial charge in [-0.2, -0.15) is 0 Å². The summed E-state index contributed by atoms with van der Waals surface area (Å²) in [7, 11) is 3.12. The number of anilines is 1. The van der Waals surface area contributed by atoms with Gasteiger partial charge in [-0.3, -0.25) is 4.79 Å². The molecule has 0 bridgehead atoms. The number of nitrogens with zero attached hydrogens (tertiary/aromatic N) is 3. The number of methoxy groups -OCH3 is 2. The Labute approximate surface area is 193 Å². The van der Waals surface area contributed by atoms with Crippen LogP contribution in [-0.4, -0.2) is 34.7 Å². The van der Waals surface area contributed by atoms with Gasteiger partial charge in [0.25, 0.3) is 0 Å². The number of amides is 1. The predicted octanol–water partition coefficient (Wildman–Crippen LogP) is 5.29. The normalized spacial score (nSPS) is 12.2. The SMILES string of the molecule is COc1ccc(-c2csc(NC(=O)C(C(C)C)n3cnc4cc(F)c(F)cc43)n2)cc1OC. The van der Waals surface area contributed by atoms with Gasteiger partial charge < -0.3 is 19.4 Å². The number of thiazole rings is 1. The summed E-state index contributed by atoms with van der Waals surface area (Å²) in [6, 6.07) is 6.82. The van der Waals surface area contributed by atoms with Crippen molar-refractivity contribution in [3.63, 3.8) is 0 Å². The van der Waals surface area contributed by atoms with Crippen molar-refractivity contribution in [2.75, 3.05) is 19.5 Å². The minimum Gasteiger partial charge on any atom is -0.493 e. The van der Waals surface area contributed by atoms with E-state index in [0.717, 1.165) is 17.7 Å². The molecule has 2 aromatic carbocycles. The monoisotopic (exact) mass is 472 g/mol. The van der Waals surface area contributed by atoms with Gasteiger partial charge in [-0.05, 0) is 24.1 Å². The molecule has 0 saturated carbocycles. The second-order valence-electron chi connectivity index (χ2n) is 7.69. The van der Waals surface area contributed by atoms with Crippen LogP contribution in [0.15, 0.2) is 42.0 Å². The zero-order chi connectivity index (χ0) is 23.7. The van der Waals surface area contributed by atoms with E-state index >= 15 is 0 Å². The summed E-state index contributed by atoms with van der Waals surface area (Å²) in [5.41, 5.74) is 2.09. The third-order valence-corrected chi connectivity index (χ3v) is 5.99. The number of aromatic nitrogens is 3. The number of fused-ring (bicyclic) bond motifs is 1. The number of carbonyl (C=O) groups is 1. The molecule has 172 valence electrons. The molecule has 2 heterocycles. The molecule has 1 atom stereocenters. The van der Waals surface area contributed by atoms with Crippen molar-refractivity contribution in [1.29, 1.82) is 0 Å². The number of hydrogen-bond donors (Lipinski definition) is 1. The highest BCUT2D eigenvalue weighted by Gasteiger charge is 2.27. The highest BCUT2D eigenvalue weighted by molar-refractivity contribution is 7.14. The first-order valence-electron chi connectivity index (χ1n) is 10.1. The van der Waals surface area contributed by atoms with Crippen LogP contribution in [0.4, 0.5) is 13.9 Å². The fraction of sp³-hybridized carbons (Fsp3) is 0.261. The highest BCUT2D eigenvalue weighted by atomic mass is 32.1. The summed E-state index contributed by atoms with van der Waals surface area (Å²) in [5, 5.41) is 5.08. The third-order valence-electron chi connectivity index (χ3n) is 5.23. The maximum Gasteiger partial charge on any atom is 0.249 e. The first-order chi connectivity index (χ1) is 15.8. The second kappa shape index (κ2) is 9.14. The zero-order valence-corrected chi connectivity index (χ0v) is 19.2. The maximum absolute atomic E-state index is 13.8. The van der Waals surface area contributed by atoms with E-state index in [9.17, 15) is 13.6 Å². The molecule has 0 spiro atoms. The largest absolute Gasteiger partial charge is 0.493 e. The van der Waals surface area contributed by atoms with Gasteiger partial charge in [0.1, 0.15) is 6.04 Å². The van der Waals surface area contributed by atoms with Crippen molar-refractivity contribution < 1.29 is 23.0 Å². The van der Waals surface area contributed by atoms with Gasteiger partial charge in [-0.15, -0.1) is 11.3 Å². The number of halogens is 2. The molecule has 0 radical (unpaired) electrons. The van der Waals surface area contributed by atoms with E-state index in [-0.39, 0.29) is 17.3 Å². The lowest BCUT2D eigenvalue weighted by atomic mass is 10.0. The maximum atomic E-state index is 13.8. The van der Waals surface area contributed by atoms with Crippen LogP contribution < -0.4 is 14.8 Å². The van der Waals surface area contributed by atoms with Gasteiger partial charge in [0.15, 0.2) is 28.3 Å². The van der Waals surface area contributed by atoms with E-state index in [0.29, 0.717) is 27.8 Å². The average molecular weight is 473 g/mol. The third kappa shape index (κ3) is 4.38. The fourth-order valence-electron chi connectivity index (χ4n) is 3.63. The van der Waals surface area contributed by atoms with Gasteiger partial charge >= 0.3 is 0 Å². The van der Waals surface area contributed by atoms with Gasteiger partial charge in [0.2, 0.25) is 5.91 Å². The van der Waals surface area contributed by atoms with Gasteiger partial charge in [-0.1, -0.05) is 13.8 Å². The molecule has 4 rings (SSSR count). The van der Waals surface area contributed by atoms with E-state index in [1.807, 2.05) is 31.4 Å². The summed E-state index contributed by atoms with van der Waals surface area (Å²) < 4.78 is 39.6. The molecule has 0 aliphatic carbocycles. The van der Waals surface area contributed by atoms with E-state index < -0.39 is 17.7 Å². The molecular weight excluding hydrogens is 450 g/mol. The van der Waals surface area contributed by atoms with E-state index in [4.69, 9.17) is 9.47 Å². The molecule has 0 saturated heterocycles. The highest BCUT2D eigenvalue weighted by Crippen LogP contribution is 2.34. The molecule has 0 aliphatic heterocycles. The van der Waals surface area contributed by atoms with E-state index in [1.165, 1.54) is 17.7 Å². The molecule has 33 heavy (non-hydrogen) atoms. The van der Waals surface area contributed by atoms with Crippen LogP contribution in [-0.2, 0) is 4.79 Å². The average Bonchev–Trinajstić information content (AvgIpc) is 3.41. The summed E-state index contributed by atoms with van der Waals surface area (Å²) in [6.45, 7) is 3.74. The summed E-state index contributed by atoms with van der Waals surface area (Å²) in [5.74, 6) is -1.28. The standard InChI is InChI=1S/C23H22F2N4O3S/c1-12(2)21(29-11-26-16-8-14(24)15(25)9-18(16)29)22(30)28-23-27-17(10-33-23)13-5-6-19(31-3)20(7-13)32-4/h5-12,21H,1-4H3,(H,27,28,30). The molecule has 7 nitrogen and oxygen atoms in total. The quantitative estimate of drug-likeness (QED) is 0.395. The Morgan fingerprint density at radius 2 is 1.82 bits per heavy atom. The molecule has 1 amide bonds. The summed E-state index contributed by atoms with van der Waals surface area (Å²) >= 11 is 1.28. The van der Waals surface area contributed by atoms with Gasteiger partial charge in [-0.25, -0.2) is 18.7 Å². The predicted molar refractivity (Wildman–Crippen MR) is 123 cm³/mol. The Morgan fingerprint density at radius 3 is 2.52 bits per heavy atom. The van der Waals surface area contributed by atoms with Crippen LogP contribution >= 0.6 is 11.3 Å². The number of imidazole rings is 1. The van der Waals surface area contributed by atoms with Crippen molar-refractivity contribution in [3.8, 4) is 22.8 Å². The minimum atomic E-state index is -0.994. The number of benzene rings is 2. The lowest BCUT2D eigenvalue weighted by Gasteiger charge is -2.22. The van der Waals surface area contributed by atoms with Gasteiger partial charge in [0.05, 0.1) is 37.3 Å². The molecular formula is C23H22F2N4O3S. The molecule has 10 heteroatoms. The van der Waals surface area contributed by atoms with Crippen molar-refractivity contribution >= 4 is 33.4 Å². The Morgan fingerprint density at radius 1 is 1.09 bits per heavy atom. The number of ether oxygens (including phenoxy) is 2. The van der Waals surface area contributed by atoms with Gasteiger partial charge in [0, 0.05) is 23.1 Å². The lowest BCUT2D eigenvalue weighted by molar-refractivity contribution is -0.120. The molecule has 0 fully saturated rings. The van der Waals surface area contributed by atoms with Crippen LogP contribution in [0.3, 0.4) is 0 Å². The Hall–Kier alpha value is -3.53. The molecule has 1 N–H and O–H groups in total. The Balaban J connectivity index is 1.60. The number of rotatable bonds is 7. The number of hydrogen-bond acceptors (Lipinski definition) is 6. The topological polar surface area (TPSA) is 78.3 Å². The molecule has 2 aromatic heterocycles. The smallest absolute Gasteiger partial charge is 0.249 e. The zero-order valence-electron chi connectivity index (χ0n) is 18.4. The van der Waals surface area contributed by atoms with Crippen LogP contribution in [0.2, 0.25) is 0 Å². The fourth-order valence-corrected chi connectivity index (χ4v) is 4.36. The minimum absolute atomic E-state index is 0.152. The summed E-state index contributed by atoms with van der Waals surface area (Å²) in [6.07, 6.45) is 1.42. The second-order valence-corrected chi connectivity index (χ2v) is 8.55. The van der Waals surface area contributed by atoms with Crippen molar-refractivity contribution in [2.24, 2.45) is 5.92 Å². The van der Waals surface area contributed by atoms with Crippen molar-refractivity contribution in [3.05, 3.63) is 53.7 Å². The Kier molecular flexibility index (Phi) is 6.28. The number of carbonyl (C=O) groups excluding carboxylic acids is 1. The van der Waals surface area contributed by atoms with Crippen LogP contribution in [0, 0.1) is 17.6 Å². The van der Waals surface area contributed by atoms with Crippen molar-refractivity contribution in [2.45, 2.75) is 19.9 Å². The Bertz CT molecular complexity index is 1320. The molecule has 0 aliphatic rings. The van der Waals surface area contributed by atoms with E-state index in [2.05, 4.69) is 15.3 Å².